The van der Waals surface area contributed by atoms with Crippen LogP contribution in [0.15, 0.2) is 16.6 Å². The third-order valence-corrected chi connectivity index (χ3v) is 4.89. The number of esters is 1. The first-order valence-corrected chi connectivity index (χ1v) is 8.03. The Hall–Kier alpha value is -1.36. The van der Waals surface area contributed by atoms with Crippen molar-refractivity contribution < 1.29 is 14.3 Å². The van der Waals surface area contributed by atoms with Crippen LogP contribution in [0.25, 0.3) is 0 Å². The molecule has 1 saturated heterocycles. The molecule has 1 aromatic carbocycles. The lowest BCUT2D eigenvalue weighted by atomic mass is 10.1. The lowest BCUT2D eigenvalue weighted by molar-refractivity contribution is -0.147. The first-order valence-electron chi connectivity index (χ1n) is 7.23. The summed E-state index contributed by atoms with van der Waals surface area (Å²) in [7, 11) is 0. The number of hydrogen-bond acceptors (Lipinski definition) is 3. The largest absolute Gasteiger partial charge is 0.466 e. The van der Waals surface area contributed by atoms with Crippen molar-refractivity contribution >= 4 is 33.5 Å². The van der Waals surface area contributed by atoms with Crippen molar-refractivity contribution in [2.45, 2.75) is 33.6 Å². The number of aryl methyl sites for hydroxylation is 2. The van der Waals surface area contributed by atoms with Crippen LogP contribution in [0, 0.1) is 12.8 Å². The van der Waals surface area contributed by atoms with E-state index in [4.69, 9.17) is 4.74 Å². The zero-order chi connectivity index (χ0) is 15.6. The Morgan fingerprint density at radius 1 is 1.43 bits per heavy atom. The summed E-state index contributed by atoms with van der Waals surface area (Å²) in [6.07, 6.45) is 1.12. The molecule has 0 aromatic heterocycles. The molecular weight excluding hydrogens is 334 g/mol. The Labute approximate surface area is 133 Å². The Kier molecular flexibility index (Phi) is 5.04. The second-order valence-electron chi connectivity index (χ2n) is 5.25. The summed E-state index contributed by atoms with van der Waals surface area (Å²) in [6.45, 7) is 6.62. The van der Waals surface area contributed by atoms with Gasteiger partial charge >= 0.3 is 5.97 Å². The maximum atomic E-state index is 12.2. The van der Waals surface area contributed by atoms with E-state index in [-0.39, 0.29) is 24.2 Å². The van der Waals surface area contributed by atoms with Crippen LogP contribution < -0.4 is 4.90 Å². The van der Waals surface area contributed by atoms with Gasteiger partial charge in [0.05, 0.1) is 12.5 Å². The Balaban J connectivity index is 2.25. The number of carbonyl (C=O) groups excluding carboxylic acids is 2. The van der Waals surface area contributed by atoms with Gasteiger partial charge in [-0.25, -0.2) is 0 Å². The molecule has 1 fully saturated rings. The van der Waals surface area contributed by atoms with Gasteiger partial charge in [0.1, 0.15) is 0 Å². The van der Waals surface area contributed by atoms with Gasteiger partial charge in [-0.1, -0.05) is 22.9 Å². The van der Waals surface area contributed by atoms with Gasteiger partial charge in [-0.3, -0.25) is 9.59 Å². The minimum absolute atomic E-state index is 0.0168. The molecule has 0 bridgehead atoms. The number of anilines is 1. The molecule has 0 saturated carbocycles. The molecule has 0 unspecified atom stereocenters. The molecule has 114 valence electrons. The molecule has 0 spiro atoms. The number of hydrogen-bond donors (Lipinski definition) is 0. The molecule has 5 heteroatoms. The standard InChI is InChI=1S/C16H20BrNO3/c1-4-11-7-13(6-10(3)15(11)17)18-9-12(8-14(18)19)16(20)21-5-2/h6-7,12H,4-5,8-9H2,1-3H3/t12-/m1/s1. The molecule has 1 aliphatic rings. The minimum atomic E-state index is -0.355. The highest BCUT2D eigenvalue weighted by Crippen LogP contribution is 2.32. The Morgan fingerprint density at radius 3 is 2.76 bits per heavy atom. The van der Waals surface area contributed by atoms with E-state index in [1.807, 2.05) is 19.1 Å². The topological polar surface area (TPSA) is 46.6 Å². The van der Waals surface area contributed by atoms with E-state index in [0.29, 0.717) is 13.2 Å². The SMILES string of the molecule is CCOC(=O)[C@@H]1CC(=O)N(c2cc(C)c(Br)c(CC)c2)C1. The second kappa shape index (κ2) is 6.60. The fourth-order valence-corrected chi connectivity index (χ4v) is 3.12. The van der Waals surface area contributed by atoms with Crippen molar-refractivity contribution in [3.05, 3.63) is 27.7 Å². The maximum Gasteiger partial charge on any atom is 0.311 e. The zero-order valence-electron chi connectivity index (χ0n) is 12.6. The summed E-state index contributed by atoms with van der Waals surface area (Å²) in [6, 6.07) is 4.00. The molecular formula is C16H20BrNO3. The lowest BCUT2D eigenvalue weighted by Gasteiger charge is -2.19. The van der Waals surface area contributed by atoms with Crippen molar-refractivity contribution in [2.75, 3.05) is 18.1 Å². The molecule has 0 aliphatic carbocycles. The Bertz CT molecular complexity index is 571. The average molecular weight is 354 g/mol. The van der Waals surface area contributed by atoms with Gasteiger partial charge in [-0.05, 0) is 43.5 Å². The summed E-state index contributed by atoms with van der Waals surface area (Å²) in [5, 5.41) is 0. The van der Waals surface area contributed by atoms with E-state index < -0.39 is 0 Å². The number of rotatable bonds is 4. The smallest absolute Gasteiger partial charge is 0.311 e. The first-order chi connectivity index (χ1) is 9.97. The van der Waals surface area contributed by atoms with Crippen molar-refractivity contribution in [2.24, 2.45) is 5.92 Å². The van der Waals surface area contributed by atoms with Gasteiger partial charge in [0.15, 0.2) is 0 Å². The van der Waals surface area contributed by atoms with Crippen molar-refractivity contribution in [3.63, 3.8) is 0 Å². The molecule has 1 heterocycles. The molecule has 1 aromatic rings. The molecule has 0 N–H and O–H groups in total. The molecule has 1 atom stereocenters. The summed E-state index contributed by atoms with van der Waals surface area (Å²) >= 11 is 3.58. The van der Waals surface area contributed by atoms with Gasteiger partial charge < -0.3 is 9.64 Å². The second-order valence-corrected chi connectivity index (χ2v) is 6.04. The zero-order valence-corrected chi connectivity index (χ0v) is 14.2. The molecule has 1 amide bonds. The summed E-state index contributed by atoms with van der Waals surface area (Å²) in [5.41, 5.74) is 3.12. The van der Waals surface area contributed by atoms with E-state index >= 15 is 0 Å². The highest BCUT2D eigenvalue weighted by molar-refractivity contribution is 9.10. The number of amides is 1. The summed E-state index contributed by atoms with van der Waals surface area (Å²) in [4.78, 5) is 25.7. The number of carbonyl (C=O) groups is 2. The average Bonchev–Trinajstić information content (AvgIpc) is 2.84. The summed E-state index contributed by atoms with van der Waals surface area (Å²) < 4.78 is 6.11. The van der Waals surface area contributed by atoms with Gasteiger partial charge in [0.25, 0.3) is 0 Å². The Morgan fingerprint density at radius 2 is 2.14 bits per heavy atom. The molecule has 2 rings (SSSR count). The highest BCUT2D eigenvalue weighted by atomic mass is 79.9. The van der Waals surface area contributed by atoms with Gasteiger partial charge in [-0.15, -0.1) is 0 Å². The minimum Gasteiger partial charge on any atom is -0.466 e. The third-order valence-electron chi connectivity index (χ3n) is 3.75. The highest BCUT2D eigenvalue weighted by Gasteiger charge is 2.36. The quantitative estimate of drug-likeness (QED) is 0.780. The van der Waals surface area contributed by atoms with Crippen LogP contribution >= 0.6 is 15.9 Å². The number of benzene rings is 1. The maximum absolute atomic E-state index is 12.2. The summed E-state index contributed by atoms with van der Waals surface area (Å²) in [5.74, 6) is -0.652. The number of nitrogens with zero attached hydrogens (tertiary/aromatic N) is 1. The third kappa shape index (κ3) is 3.28. The van der Waals surface area contributed by atoms with Crippen LogP contribution in [0.4, 0.5) is 5.69 Å². The predicted octanol–water partition coefficient (Wildman–Crippen LogP) is 3.24. The monoisotopic (exact) mass is 353 g/mol. The van der Waals surface area contributed by atoms with Crippen LogP contribution in [0.3, 0.4) is 0 Å². The number of halogens is 1. The first kappa shape index (κ1) is 16.0. The number of ether oxygens (including phenoxy) is 1. The molecule has 0 radical (unpaired) electrons. The van der Waals surface area contributed by atoms with E-state index in [0.717, 1.165) is 27.7 Å². The van der Waals surface area contributed by atoms with E-state index in [9.17, 15) is 9.59 Å². The van der Waals surface area contributed by atoms with Gasteiger partial charge in [0, 0.05) is 23.1 Å². The predicted molar refractivity (Wildman–Crippen MR) is 85.4 cm³/mol. The fraction of sp³-hybridized carbons (Fsp3) is 0.500. The van der Waals surface area contributed by atoms with E-state index in [1.54, 1.807) is 11.8 Å². The van der Waals surface area contributed by atoms with Crippen LogP contribution in [0.2, 0.25) is 0 Å². The van der Waals surface area contributed by atoms with E-state index in [2.05, 4.69) is 22.9 Å². The molecule has 4 nitrogen and oxygen atoms in total. The van der Waals surface area contributed by atoms with Gasteiger partial charge in [-0.2, -0.15) is 0 Å². The van der Waals surface area contributed by atoms with Crippen molar-refractivity contribution in [3.8, 4) is 0 Å². The molecule has 21 heavy (non-hydrogen) atoms. The molecule has 1 aliphatic heterocycles. The lowest BCUT2D eigenvalue weighted by Crippen LogP contribution is -2.26. The fourth-order valence-electron chi connectivity index (χ4n) is 2.61. The van der Waals surface area contributed by atoms with E-state index in [1.165, 1.54) is 0 Å². The van der Waals surface area contributed by atoms with Crippen molar-refractivity contribution in [1.29, 1.82) is 0 Å². The normalized spacial score (nSPS) is 18.2. The van der Waals surface area contributed by atoms with Crippen LogP contribution in [0.5, 0.6) is 0 Å². The van der Waals surface area contributed by atoms with Crippen LogP contribution in [-0.2, 0) is 20.7 Å². The van der Waals surface area contributed by atoms with Gasteiger partial charge in [0.2, 0.25) is 5.91 Å². The van der Waals surface area contributed by atoms with Crippen LogP contribution in [0.1, 0.15) is 31.4 Å². The van der Waals surface area contributed by atoms with Crippen LogP contribution in [-0.4, -0.2) is 25.0 Å². The van der Waals surface area contributed by atoms with Crippen molar-refractivity contribution in [1.82, 2.24) is 0 Å².